The van der Waals surface area contributed by atoms with Crippen molar-refractivity contribution in [3.63, 3.8) is 0 Å². The summed E-state index contributed by atoms with van der Waals surface area (Å²) < 4.78 is 13.8. The number of nitrogens with two attached hydrogens (primary N) is 1. The van der Waals surface area contributed by atoms with Gasteiger partial charge in [0, 0.05) is 32.1 Å². The third kappa shape index (κ3) is 2.55. The molecule has 0 bridgehead atoms. The van der Waals surface area contributed by atoms with E-state index in [2.05, 4.69) is 10.8 Å². The number of thiocarbonyl (C=S) groups is 1. The Labute approximate surface area is 118 Å². The molecule has 0 saturated carbocycles. The fourth-order valence-electron chi connectivity index (χ4n) is 3.25. The van der Waals surface area contributed by atoms with E-state index in [1.165, 1.54) is 0 Å². The molecule has 2 saturated heterocycles. The first kappa shape index (κ1) is 13.1. The van der Waals surface area contributed by atoms with Gasteiger partial charge in [0.1, 0.15) is 4.99 Å². The molecule has 3 heterocycles. The van der Waals surface area contributed by atoms with Gasteiger partial charge in [-0.1, -0.05) is 12.2 Å². The molecule has 0 amide bonds. The molecule has 104 valence electrons. The minimum Gasteiger partial charge on any atom is -0.388 e. The standard InChI is InChI=1S/C14H20N2O2S/c15-13(19)12-2-1-6-16(12)11-3-7-18-14(10-11)4-8-17-9-5-14/h1-2,6,11H,3-5,7-10H2,(H2,15,19). The summed E-state index contributed by atoms with van der Waals surface area (Å²) in [5.74, 6) is 0. The van der Waals surface area contributed by atoms with E-state index in [9.17, 15) is 0 Å². The molecule has 1 atom stereocenters. The minimum atomic E-state index is -0.00107. The lowest BCUT2D eigenvalue weighted by Crippen LogP contribution is -2.45. The van der Waals surface area contributed by atoms with Gasteiger partial charge in [0.25, 0.3) is 0 Å². The number of nitrogens with zero attached hydrogens (tertiary/aromatic N) is 1. The summed E-state index contributed by atoms with van der Waals surface area (Å²) >= 11 is 5.13. The van der Waals surface area contributed by atoms with E-state index in [0.29, 0.717) is 11.0 Å². The van der Waals surface area contributed by atoms with Crippen LogP contribution in [0.4, 0.5) is 0 Å². The molecule has 5 heteroatoms. The van der Waals surface area contributed by atoms with Gasteiger partial charge in [0.15, 0.2) is 0 Å². The van der Waals surface area contributed by atoms with Gasteiger partial charge in [-0.3, -0.25) is 0 Å². The zero-order valence-electron chi connectivity index (χ0n) is 11.0. The summed E-state index contributed by atoms with van der Waals surface area (Å²) in [5.41, 5.74) is 6.76. The molecular weight excluding hydrogens is 260 g/mol. The topological polar surface area (TPSA) is 49.4 Å². The van der Waals surface area contributed by atoms with Crippen LogP contribution in [0.1, 0.15) is 37.4 Å². The van der Waals surface area contributed by atoms with Crippen LogP contribution >= 0.6 is 12.2 Å². The second-order valence-electron chi connectivity index (χ2n) is 5.46. The Morgan fingerprint density at radius 3 is 2.89 bits per heavy atom. The van der Waals surface area contributed by atoms with Crippen LogP contribution in [-0.4, -0.2) is 35.0 Å². The predicted molar refractivity (Wildman–Crippen MR) is 77.3 cm³/mol. The number of aromatic nitrogens is 1. The molecule has 0 aliphatic carbocycles. The molecule has 19 heavy (non-hydrogen) atoms. The maximum Gasteiger partial charge on any atom is 0.120 e. The lowest BCUT2D eigenvalue weighted by atomic mass is 9.84. The maximum absolute atomic E-state index is 6.08. The SMILES string of the molecule is NC(=S)c1cccn1C1CCOC2(CCOCC2)C1. The van der Waals surface area contributed by atoms with E-state index < -0.39 is 0 Å². The summed E-state index contributed by atoms with van der Waals surface area (Å²) in [6.45, 7) is 2.42. The number of ether oxygens (including phenoxy) is 2. The highest BCUT2D eigenvalue weighted by Crippen LogP contribution is 2.39. The Morgan fingerprint density at radius 1 is 1.37 bits per heavy atom. The summed E-state index contributed by atoms with van der Waals surface area (Å²) in [6, 6.07) is 4.44. The fraction of sp³-hybridized carbons (Fsp3) is 0.643. The van der Waals surface area contributed by atoms with Crippen LogP contribution in [0.15, 0.2) is 18.3 Å². The number of rotatable bonds is 2. The van der Waals surface area contributed by atoms with E-state index >= 15 is 0 Å². The van der Waals surface area contributed by atoms with Crippen molar-refractivity contribution in [1.29, 1.82) is 0 Å². The van der Waals surface area contributed by atoms with Crippen molar-refractivity contribution in [3.8, 4) is 0 Å². The monoisotopic (exact) mass is 280 g/mol. The molecular formula is C14H20N2O2S. The Balaban J connectivity index is 1.81. The van der Waals surface area contributed by atoms with Crippen LogP contribution in [0.2, 0.25) is 0 Å². The highest BCUT2D eigenvalue weighted by atomic mass is 32.1. The number of hydrogen-bond acceptors (Lipinski definition) is 3. The Hall–Kier alpha value is -0.910. The first-order valence-electron chi connectivity index (χ1n) is 6.89. The zero-order valence-corrected chi connectivity index (χ0v) is 11.8. The Morgan fingerprint density at radius 2 is 2.16 bits per heavy atom. The highest BCUT2D eigenvalue weighted by molar-refractivity contribution is 7.80. The molecule has 2 aliphatic heterocycles. The van der Waals surface area contributed by atoms with Gasteiger partial charge in [0.2, 0.25) is 0 Å². The Kier molecular flexibility index (Phi) is 3.60. The van der Waals surface area contributed by atoms with Crippen LogP contribution in [0.5, 0.6) is 0 Å². The molecule has 3 rings (SSSR count). The van der Waals surface area contributed by atoms with E-state index in [-0.39, 0.29) is 5.60 Å². The second-order valence-corrected chi connectivity index (χ2v) is 5.90. The second kappa shape index (κ2) is 5.23. The molecule has 2 aliphatic rings. The molecule has 0 aromatic carbocycles. The van der Waals surface area contributed by atoms with E-state index in [4.69, 9.17) is 27.4 Å². The first-order chi connectivity index (χ1) is 9.20. The summed E-state index contributed by atoms with van der Waals surface area (Å²) in [7, 11) is 0. The van der Waals surface area contributed by atoms with Gasteiger partial charge in [0.05, 0.1) is 11.3 Å². The van der Waals surface area contributed by atoms with Crippen LogP contribution in [-0.2, 0) is 9.47 Å². The molecule has 1 aromatic heterocycles. The normalized spacial score (nSPS) is 26.4. The average molecular weight is 280 g/mol. The van der Waals surface area contributed by atoms with Gasteiger partial charge in [-0.15, -0.1) is 0 Å². The fourth-order valence-corrected chi connectivity index (χ4v) is 3.43. The van der Waals surface area contributed by atoms with Crippen LogP contribution in [0.25, 0.3) is 0 Å². The molecule has 2 N–H and O–H groups in total. The zero-order chi connectivity index (χ0) is 13.3. The number of hydrogen-bond donors (Lipinski definition) is 1. The molecule has 1 unspecified atom stereocenters. The highest BCUT2D eigenvalue weighted by Gasteiger charge is 2.39. The summed E-state index contributed by atoms with van der Waals surface area (Å²) in [5, 5.41) is 0. The first-order valence-corrected chi connectivity index (χ1v) is 7.29. The summed E-state index contributed by atoms with van der Waals surface area (Å²) in [4.78, 5) is 0.470. The minimum absolute atomic E-state index is 0.00107. The van der Waals surface area contributed by atoms with Crippen LogP contribution in [0.3, 0.4) is 0 Å². The van der Waals surface area contributed by atoms with Gasteiger partial charge in [-0.05, 0) is 37.8 Å². The quantitative estimate of drug-likeness (QED) is 0.842. The van der Waals surface area contributed by atoms with E-state index in [1.807, 2.05) is 12.1 Å². The van der Waals surface area contributed by atoms with Crippen molar-refractivity contribution in [1.82, 2.24) is 4.57 Å². The lowest BCUT2D eigenvalue weighted by molar-refractivity contribution is -0.144. The molecule has 1 aromatic rings. The van der Waals surface area contributed by atoms with Crippen molar-refractivity contribution in [2.24, 2.45) is 5.73 Å². The van der Waals surface area contributed by atoms with Gasteiger partial charge in [-0.25, -0.2) is 0 Å². The lowest BCUT2D eigenvalue weighted by Gasteiger charge is -2.44. The molecule has 4 nitrogen and oxygen atoms in total. The van der Waals surface area contributed by atoms with Crippen molar-refractivity contribution in [2.75, 3.05) is 19.8 Å². The van der Waals surface area contributed by atoms with E-state index in [0.717, 1.165) is 51.2 Å². The van der Waals surface area contributed by atoms with E-state index in [1.54, 1.807) is 0 Å². The van der Waals surface area contributed by atoms with Gasteiger partial charge >= 0.3 is 0 Å². The largest absolute Gasteiger partial charge is 0.388 e. The maximum atomic E-state index is 6.08. The summed E-state index contributed by atoms with van der Waals surface area (Å²) in [6.07, 6.45) is 6.12. The van der Waals surface area contributed by atoms with Crippen molar-refractivity contribution in [3.05, 3.63) is 24.0 Å². The van der Waals surface area contributed by atoms with Gasteiger partial charge in [-0.2, -0.15) is 0 Å². The van der Waals surface area contributed by atoms with Crippen molar-refractivity contribution >= 4 is 17.2 Å². The van der Waals surface area contributed by atoms with Crippen LogP contribution in [0, 0.1) is 0 Å². The predicted octanol–water partition coefficient (Wildman–Crippen LogP) is 2.02. The third-order valence-electron chi connectivity index (χ3n) is 4.30. The van der Waals surface area contributed by atoms with Crippen molar-refractivity contribution in [2.45, 2.75) is 37.3 Å². The third-order valence-corrected chi connectivity index (χ3v) is 4.50. The van der Waals surface area contributed by atoms with Crippen LogP contribution < -0.4 is 5.73 Å². The Bertz CT molecular complexity index is 460. The molecule has 1 spiro atoms. The smallest absolute Gasteiger partial charge is 0.120 e. The van der Waals surface area contributed by atoms with Crippen molar-refractivity contribution < 1.29 is 9.47 Å². The average Bonchev–Trinajstić information content (AvgIpc) is 2.89. The molecule has 0 radical (unpaired) electrons. The molecule has 2 fully saturated rings. The van der Waals surface area contributed by atoms with Gasteiger partial charge < -0.3 is 19.8 Å².